The Morgan fingerprint density at radius 3 is 2.15 bits per heavy atom. The van der Waals surface area contributed by atoms with Gasteiger partial charge >= 0.3 is 6.18 Å². The lowest BCUT2D eigenvalue weighted by Crippen LogP contribution is -2.17. The van der Waals surface area contributed by atoms with Crippen molar-refractivity contribution < 1.29 is 27.6 Å². The number of benzene rings is 2. The van der Waals surface area contributed by atoms with Crippen molar-refractivity contribution in [2.24, 2.45) is 0 Å². The number of pyridine rings is 1. The summed E-state index contributed by atoms with van der Waals surface area (Å²) in [4.78, 5) is 40.4. The van der Waals surface area contributed by atoms with E-state index < -0.39 is 23.6 Å². The number of halogens is 3. The van der Waals surface area contributed by atoms with Crippen molar-refractivity contribution >= 4 is 34.8 Å². The Kier molecular flexibility index (Phi) is 6.76. The summed E-state index contributed by atoms with van der Waals surface area (Å²) in [5.41, 5.74) is 0.713. The summed E-state index contributed by atoms with van der Waals surface area (Å²) >= 11 is 0. The van der Waals surface area contributed by atoms with Crippen LogP contribution in [-0.2, 0) is 11.0 Å². The zero-order valence-corrected chi connectivity index (χ0v) is 17.6. The molecule has 0 aliphatic rings. The van der Waals surface area contributed by atoms with Gasteiger partial charge in [-0.15, -0.1) is 0 Å². The van der Waals surface area contributed by atoms with Crippen molar-refractivity contribution in [2.75, 3.05) is 16.0 Å². The van der Waals surface area contributed by atoms with Gasteiger partial charge in [0.1, 0.15) is 0 Å². The maximum atomic E-state index is 12.9. The smallest absolute Gasteiger partial charge is 0.325 e. The number of anilines is 3. The Hall–Kier alpha value is -4.21. The molecule has 0 spiro atoms. The summed E-state index contributed by atoms with van der Waals surface area (Å²) in [5, 5.41) is 7.72. The van der Waals surface area contributed by atoms with E-state index in [9.17, 15) is 27.6 Å². The van der Waals surface area contributed by atoms with Crippen molar-refractivity contribution in [1.29, 1.82) is 0 Å². The van der Waals surface area contributed by atoms with E-state index in [4.69, 9.17) is 0 Å². The Labute approximate surface area is 187 Å². The van der Waals surface area contributed by atoms with E-state index in [0.29, 0.717) is 16.9 Å². The van der Waals surface area contributed by atoms with Crippen molar-refractivity contribution in [3.63, 3.8) is 0 Å². The summed E-state index contributed by atoms with van der Waals surface area (Å²) < 4.78 is 38.7. The SMILES string of the molecule is CC(=O)Nc1cncc(NC(=O)c2cc(NC(=O)c3cccc(C(F)(F)F)c3)ccc2C)c1. The van der Waals surface area contributed by atoms with Gasteiger partial charge in [0.05, 0.1) is 29.3 Å². The largest absolute Gasteiger partial charge is 0.416 e. The molecule has 3 amide bonds. The summed E-state index contributed by atoms with van der Waals surface area (Å²) in [6.45, 7) is 3.03. The van der Waals surface area contributed by atoms with Gasteiger partial charge in [-0.3, -0.25) is 19.4 Å². The molecule has 0 aliphatic heterocycles. The van der Waals surface area contributed by atoms with Crippen molar-refractivity contribution in [3.8, 4) is 0 Å². The number of rotatable bonds is 5. The maximum absolute atomic E-state index is 12.9. The van der Waals surface area contributed by atoms with Crippen molar-refractivity contribution in [3.05, 3.63) is 83.2 Å². The third-order valence-electron chi connectivity index (χ3n) is 4.51. The maximum Gasteiger partial charge on any atom is 0.416 e. The highest BCUT2D eigenvalue weighted by atomic mass is 19.4. The number of hydrogen-bond acceptors (Lipinski definition) is 4. The zero-order chi connectivity index (χ0) is 24.2. The number of carbonyl (C=O) groups excluding carboxylic acids is 3. The van der Waals surface area contributed by atoms with Crippen LogP contribution in [0, 0.1) is 6.92 Å². The number of amides is 3. The Balaban J connectivity index is 1.78. The predicted molar refractivity (Wildman–Crippen MR) is 117 cm³/mol. The number of hydrogen-bond donors (Lipinski definition) is 3. The third-order valence-corrected chi connectivity index (χ3v) is 4.51. The second kappa shape index (κ2) is 9.51. The van der Waals surface area contributed by atoms with Crippen LogP contribution < -0.4 is 16.0 Å². The van der Waals surface area contributed by atoms with Crippen molar-refractivity contribution in [2.45, 2.75) is 20.0 Å². The molecule has 1 heterocycles. The molecule has 0 saturated heterocycles. The molecule has 7 nitrogen and oxygen atoms in total. The molecule has 3 rings (SSSR count). The van der Waals surface area contributed by atoms with Crippen LogP contribution in [0.4, 0.5) is 30.2 Å². The molecule has 3 aromatic rings. The molecule has 0 bridgehead atoms. The van der Waals surface area contributed by atoms with Crippen LogP contribution in [0.2, 0.25) is 0 Å². The fraction of sp³-hybridized carbons (Fsp3) is 0.130. The van der Waals surface area contributed by atoms with Gasteiger partial charge < -0.3 is 16.0 Å². The summed E-state index contributed by atoms with van der Waals surface area (Å²) in [6.07, 6.45) is -1.75. The molecular formula is C23H19F3N4O3. The first-order valence-corrected chi connectivity index (χ1v) is 9.66. The fourth-order valence-electron chi connectivity index (χ4n) is 2.96. The van der Waals surface area contributed by atoms with E-state index in [0.717, 1.165) is 18.2 Å². The highest BCUT2D eigenvalue weighted by Crippen LogP contribution is 2.29. The van der Waals surface area contributed by atoms with E-state index in [1.54, 1.807) is 13.0 Å². The first-order chi connectivity index (χ1) is 15.5. The lowest BCUT2D eigenvalue weighted by atomic mass is 10.1. The average Bonchev–Trinajstić information content (AvgIpc) is 2.74. The topological polar surface area (TPSA) is 100 Å². The van der Waals surface area contributed by atoms with E-state index in [2.05, 4.69) is 20.9 Å². The second-order valence-electron chi connectivity index (χ2n) is 7.16. The molecule has 2 aromatic carbocycles. The fourth-order valence-corrected chi connectivity index (χ4v) is 2.96. The molecule has 10 heteroatoms. The number of nitrogens with zero attached hydrogens (tertiary/aromatic N) is 1. The number of alkyl halides is 3. The minimum absolute atomic E-state index is 0.169. The molecule has 0 radical (unpaired) electrons. The molecule has 3 N–H and O–H groups in total. The van der Waals surface area contributed by atoms with E-state index in [1.165, 1.54) is 43.6 Å². The van der Waals surface area contributed by atoms with Gasteiger partial charge in [0.2, 0.25) is 5.91 Å². The minimum Gasteiger partial charge on any atom is -0.325 e. The Morgan fingerprint density at radius 1 is 0.818 bits per heavy atom. The van der Waals surface area contributed by atoms with Gasteiger partial charge in [0.15, 0.2) is 0 Å². The molecule has 33 heavy (non-hydrogen) atoms. The highest BCUT2D eigenvalue weighted by Gasteiger charge is 2.30. The van der Waals surface area contributed by atoms with Crippen LogP contribution in [0.25, 0.3) is 0 Å². The zero-order valence-electron chi connectivity index (χ0n) is 17.6. The number of carbonyl (C=O) groups is 3. The highest BCUT2D eigenvalue weighted by molar-refractivity contribution is 6.08. The summed E-state index contributed by atoms with van der Waals surface area (Å²) in [5.74, 6) is -1.53. The van der Waals surface area contributed by atoms with Gasteiger partial charge in [0.25, 0.3) is 11.8 Å². The van der Waals surface area contributed by atoms with Gasteiger partial charge in [0, 0.05) is 23.7 Å². The standard InChI is InChI=1S/C23H19F3N4O3/c1-13-6-7-17(29-21(32)15-4-3-5-16(8-15)23(24,25)26)10-20(13)22(33)30-19-9-18(11-27-12-19)28-14(2)31/h3-12H,1-2H3,(H,28,31)(H,29,32)(H,30,33). The van der Waals surface area contributed by atoms with Gasteiger partial charge in [-0.25, -0.2) is 0 Å². The molecule has 1 aromatic heterocycles. The Bertz CT molecular complexity index is 1230. The van der Waals surface area contributed by atoms with Crippen molar-refractivity contribution in [1.82, 2.24) is 4.98 Å². The van der Waals surface area contributed by atoms with Crippen LogP contribution >= 0.6 is 0 Å². The van der Waals surface area contributed by atoms with E-state index >= 15 is 0 Å². The number of aryl methyl sites for hydroxylation is 1. The lowest BCUT2D eigenvalue weighted by Gasteiger charge is -2.12. The van der Waals surface area contributed by atoms with Gasteiger partial charge in [-0.2, -0.15) is 13.2 Å². The van der Waals surface area contributed by atoms with Gasteiger partial charge in [-0.05, 0) is 48.9 Å². The third kappa shape index (κ3) is 6.16. The lowest BCUT2D eigenvalue weighted by molar-refractivity contribution is -0.137. The van der Waals surface area contributed by atoms with E-state index in [-0.39, 0.29) is 22.7 Å². The summed E-state index contributed by atoms with van der Waals surface area (Å²) in [7, 11) is 0. The second-order valence-corrected chi connectivity index (χ2v) is 7.16. The predicted octanol–water partition coefficient (Wildman–Crippen LogP) is 4.87. The monoisotopic (exact) mass is 456 g/mol. The molecule has 0 fully saturated rings. The van der Waals surface area contributed by atoms with Gasteiger partial charge in [-0.1, -0.05) is 12.1 Å². The molecule has 170 valence electrons. The van der Waals surface area contributed by atoms with Crippen LogP contribution in [0.3, 0.4) is 0 Å². The quantitative estimate of drug-likeness (QED) is 0.510. The normalized spacial score (nSPS) is 10.9. The van der Waals surface area contributed by atoms with Crippen LogP contribution in [0.15, 0.2) is 60.9 Å². The molecule has 0 atom stereocenters. The van der Waals surface area contributed by atoms with Crippen LogP contribution in [0.5, 0.6) is 0 Å². The average molecular weight is 456 g/mol. The Morgan fingerprint density at radius 2 is 1.48 bits per heavy atom. The number of nitrogens with one attached hydrogen (secondary N) is 3. The van der Waals surface area contributed by atoms with E-state index in [1.807, 2.05) is 0 Å². The van der Waals surface area contributed by atoms with Crippen LogP contribution in [-0.4, -0.2) is 22.7 Å². The molecule has 0 saturated carbocycles. The first kappa shape index (κ1) is 23.5. The van der Waals surface area contributed by atoms with Crippen LogP contribution in [0.1, 0.15) is 38.8 Å². The summed E-state index contributed by atoms with van der Waals surface area (Å²) in [6, 6.07) is 10.1. The first-order valence-electron chi connectivity index (χ1n) is 9.66. The molecular weight excluding hydrogens is 437 g/mol. The number of aromatic nitrogens is 1. The minimum atomic E-state index is -4.57. The molecule has 0 unspecified atom stereocenters. The molecule has 0 aliphatic carbocycles.